The van der Waals surface area contributed by atoms with Gasteiger partial charge in [-0.3, -0.25) is 14.3 Å². The Balaban J connectivity index is 1.99. The van der Waals surface area contributed by atoms with E-state index in [1.54, 1.807) is 0 Å². The molecule has 1 aromatic rings. The van der Waals surface area contributed by atoms with Gasteiger partial charge in [-0.25, -0.2) is 4.79 Å². The molecule has 2 heterocycles. The number of aliphatic hydroxyl groups excluding tert-OH is 2. The monoisotopic (exact) mass is 302 g/mol. The van der Waals surface area contributed by atoms with E-state index in [0.717, 1.165) is 17.4 Å². The van der Waals surface area contributed by atoms with Crippen LogP contribution in [-0.4, -0.2) is 43.5 Å². The summed E-state index contributed by atoms with van der Waals surface area (Å²) in [4.78, 5) is 25.0. The highest BCUT2D eigenvalue weighted by Crippen LogP contribution is 2.52. The van der Waals surface area contributed by atoms with Gasteiger partial charge < -0.3 is 14.9 Å². The minimum atomic E-state index is -1.13. The lowest BCUT2D eigenvalue weighted by Gasteiger charge is -2.30. The number of H-pyrrole nitrogens is 1. The number of aromatic amines is 1. The number of nitrogens with one attached hydrogen (secondary N) is 1. The fraction of sp³-hybridized carbons (Fsp3) is 0.667. The lowest BCUT2D eigenvalue weighted by Crippen LogP contribution is -2.47. The summed E-state index contributed by atoms with van der Waals surface area (Å²) in [5.74, 6) is 0.0345. The molecule has 110 valence electrons. The Morgan fingerprint density at radius 2 is 2.20 bits per heavy atom. The van der Waals surface area contributed by atoms with Crippen molar-refractivity contribution >= 4 is 11.6 Å². The largest absolute Gasteiger partial charge is 0.393 e. The number of rotatable bonds is 3. The summed E-state index contributed by atoms with van der Waals surface area (Å²) in [6.07, 6.45) is 0.950. The summed E-state index contributed by atoms with van der Waals surface area (Å²) in [6.45, 7) is -0.364. The van der Waals surface area contributed by atoms with Crippen molar-refractivity contribution in [3.8, 4) is 0 Å². The molecule has 1 saturated carbocycles. The first kappa shape index (κ1) is 13.8. The van der Waals surface area contributed by atoms with Crippen molar-refractivity contribution in [2.45, 2.75) is 36.2 Å². The van der Waals surface area contributed by atoms with E-state index in [1.807, 2.05) is 0 Å². The topological polar surface area (TPSA) is 105 Å². The number of aromatic nitrogens is 2. The Labute approximate surface area is 118 Å². The predicted molar refractivity (Wildman–Crippen MR) is 69.6 cm³/mol. The summed E-state index contributed by atoms with van der Waals surface area (Å²) in [7, 11) is 0. The van der Waals surface area contributed by atoms with Crippen LogP contribution in [0, 0.1) is 5.92 Å². The third-order valence-corrected chi connectivity index (χ3v) is 4.51. The molecule has 0 aromatic carbocycles. The van der Waals surface area contributed by atoms with Crippen LogP contribution in [0.2, 0.25) is 0 Å². The van der Waals surface area contributed by atoms with Gasteiger partial charge in [0.2, 0.25) is 0 Å². The molecule has 0 bridgehead atoms. The van der Waals surface area contributed by atoms with Crippen molar-refractivity contribution in [2.75, 3.05) is 6.61 Å². The van der Waals surface area contributed by atoms with E-state index in [0.29, 0.717) is 0 Å². The van der Waals surface area contributed by atoms with Crippen LogP contribution in [0.3, 0.4) is 0 Å². The quantitative estimate of drug-likeness (QED) is 0.633. The van der Waals surface area contributed by atoms with Crippen LogP contribution in [0.5, 0.6) is 0 Å². The second-order valence-corrected chi connectivity index (χ2v) is 5.81. The predicted octanol–water partition coefficient (Wildman–Crippen LogP) is -0.825. The lowest BCUT2D eigenvalue weighted by atomic mass is 9.92. The summed E-state index contributed by atoms with van der Waals surface area (Å²) in [5, 5.41) is 19.0. The average Bonchev–Trinajstić information content (AvgIpc) is 3.22. The number of hydrogen-bond acceptors (Lipinski definition) is 5. The Morgan fingerprint density at radius 1 is 1.50 bits per heavy atom. The first-order chi connectivity index (χ1) is 9.49. The molecule has 0 amide bonds. The lowest BCUT2D eigenvalue weighted by molar-refractivity contribution is -0.141. The van der Waals surface area contributed by atoms with E-state index in [9.17, 15) is 19.8 Å². The average molecular weight is 303 g/mol. The van der Waals surface area contributed by atoms with Gasteiger partial charge in [0.05, 0.1) is 6.61 Å². The molecule has 1 saturated heterocycles. The minimum absolute atomic E-state index is 0.0345. The number of ether oxygens (including phenoxy) is 1. The van der Waals surface area contributed by atoms with Crippen molar-refractivity contribution < 1.29 is 14.9 Å². The molecular weight excluding hydrogens is 288 g/mol. The fourth-order valence-corrected chi connectivity index (χ4v) is 3.18. The van der Waals surface area contributed by atoms with Crippen LogP contribution in [0.25, 0.3) is 0 Å². The van der Waals surface area contributed by atoms with E-state index in [4.69, 9.17) is 16.3 Å². The van der Waals surface area contributed by atoms with Crippen LogP contribution in [-0.2, 0) is 4.74 Å². The van der Waals surface area contributed by atoms with Crippen molar-refractivity contribution in [3.63, 3.8) is 0 Å². The molecule has 0 spiro atoms. The second-order valence-electron chi connectivity index (χ2n) is 5.30. The SMILES string of the molecule is O=c1ccn(C2O[C@@](CO)(C3CC3)[C@@H](O)[C@H]2Cl)c(=O)[nH]1. The number of aliphatic hydroxyl groups is 2. The van der Waals surface area contributed by atoms with E-state index in [2.05, 4.69) is 4.98 Å². The molecular formula is C12H15ClN2O5. The number of halogens is 1. The highest BCUT2D eigenvalue weighted by atomic mass is 35.5. The number of hydrogen-bond donors (Lipinski definition) is 3. The third-order valence-electron chi connectivity index (χ3n) is 4.06. The van der Waals surface area contributed by atoms with Crippen LogP contribution in [0.1, 0.15) is 19.1 Å². The Hall–Kier alpha value is -1.15. The Bertz CT molecular complexity index is 625. The highest BCUT2D eigenvalue weighted by Gasteiger charge is 2.61. The summed E-state index contributed by atoms with van der Waals surface area (Å²) in [6, 6.07) is 1.18. The Morgan fingerprint density at radius 3 is 2.75 bits per heavy atom. The molecule has 8 heteroatoms. The molecule has 20 heavy (non-hydrogen) atoms. The van der Waals surface area contributed by atoms with Gasteiger partial charge in [0, 0.05) is 12.3 Å². The van der Waals surface area contributed by atoms with Gasteiger partial charge in [0.1, 0.15) is 17.1 Å². The van der Waals surface area contributed by atoms with E-state index in [1.165, 1.54) is 12.3 Å². The molecule has 7 nitrogen and oxygen atoms in total. The van der Waals surface area contributed by atoms with Gasteiger partial charge in [0.25, 0.3) is 5.56 Å². The van der Waals surface area contributed by atoms with Crippen LogP contribution >= 0.6 is 11.6 Å². The van der Waals surface area contributed by atoms with Crippen molar-refractivity contribution in [1.29, 1.82) is 0 Å². The standard InChI is InChI=1S/C12H15ClN2O5/c13-8-9(18)12(5-16,6-1-2-6)20-10(8)15-4-3-7(17)14-11(15)19/h3-4,6,8-10,16,18H,1-2,5H2,(H,14,17,19)/t8-,9+,10?,12+/m1/s1. The van der Waals surface area contributed by atoms with Gasteiger partial charge in [-0.15, -0.1) is 11.6 Å². The fourth-order valence-electron chi connectivity index (χ4n) is 2.79. The van der Waals surface area contributed by atoms with Crippen molar-refractivity contribution in [3.05, 3.63) is 33.1 Å². The zero-order valence-electron chi connectivity index (χ0n) is 10.5. The number of nitrogens with zero attached hydrogens (tertiary/aromatic N) is 1. The zero-order chi connectivity index (χ0) is 14.5. The van der Waals surface area contributed by atoms with Crippen LogP contribution in [0.4, 0.5) is 0 Å². The summed E-state index contributed by atoms with van der Waals surface area (Å²) >= 11 is 6.17. The van der Waals surface area contributed by atoms with Gasteiger partial charge in [-0.1, -0.05) is 0 Å². The van der Waals surface area contributed by atoms with Crippen LogP contribution < -0.4 is 11.2 Å². The number of alkyl halides is 1. The van der Waals surface area contributed by atoms with E-state index < -0.39 is 34.6 Å². The first-order valence-corrected chi connectivity index (χ1v) is 6.85. The molecule has 2 fully saturated rings. The van der Waals surface area contributed by atoms with Gasteiger partial charge in [-0.2, -0.15) is 0 Å². The maximum absolute atomic E-state index is 11.8. The molecule has 4 atom stereocenters. The summed E-state index contributed by atoms with van der Waals surface area (Å²) < 4.78 is 6.89. The normalized spacial score (nSPS) is 37.2. The second kappa shape index (κ2) is 4.70. The molecule has 1 aliphatic carbocycles. The first-order valence-electron chi connectivity index (χ1n) is 6.42. The molecule has 1 unspecified atom stereocenters. The molecule has 1 aliphatic heterocycles. The maximum Gasteiger partial charge on any atom is 0.330 e. The smallest absolute Gasteiger partial charge is 0.330 e. The minimum Gasteiger partial charge on any atom is -0.393 e. The molecule has 3 rings (SSSR count). The summed E-state index contributed by atoms with van der Waals surface area (Å²) in [5.41, 5.74) is -2.32. The molecule has 0 radical (unpaired) electrons. The van der Waals surface area contributed by atoms with E-state index >= 15 is 0 Å². The van der Waals surface area contributed by atoms with Crippen molar-refractivity contribution in [1.82, 2.24) is 9.55 Å². The molecule has 2 aliphatic rings. The molecule has 1 aromatic heterocycles. The maximum atomic E-state index is 11.8. The zero-order valence-corrected chi connectivity index (χ0v) is 11.3. The molecule has 3 N–H and O–H groups in total. The third kappa shape index (κ3) is 1.93. The van der Waals surface area contributed by atoms with Gasteiger partial charge in [0.15, 0.2) is 6.23 Å². The van der Waals surface area contributed by atoms with Gasteiger partial charge >= 0.3 is 5.69 Å². The highest BCUT2D eigenvalue weighted by molar-refractivity contribution is 6.21. The van der Waals surface area contributed by atoms with Crippen LogP contribution in [0.15, 0.2) is 21.9 Å². The van der Waals surface area contributed by atoms with Gasteiger partial charge in [-0.05, 0) is 18.8 Å². The Kier molecular flexibility index (Phi) is 3.24. The van der Waals surface area contributed by atoms with E-state index in [-0.39, 0.29) is 12.5 Å². The van der Waals surface area contributed by atoms with Crippen molar-refractivity contribution in [2.24, 2.45) is 5.92 Å².